The van der Waals surface area contributed by atoms with E-state index in [1.807, 2.05) is 0 Å². The Morgan fingerprint density at radius 1 is 0.583 bits per heavy atom. The second kappa shape index (κ2) is 7.58. The van der Waals surface area contributed by atoms with Crippen LogP contribution in [0.1, 0.15) is 79.2 Å². The van der Waals surface area contributed by atoms with Crippen molar-refractivity contribution in [2.24, 2.45) is 0 Å². The largest absolute Gasteiger partial charge is 0.478 e. The van der Waals surface area contributed by atoms with Gasteiger partial charge in [-0.3, -0.25) is 0 Å². The van der Waals surface area contributed by atoms with Crippen molar-refractivity contribution in [3.8, 4) is 0 Å². The molecule has 0 bridgehead atoms. The molecule has 1 rings (SSSR count). The van der Waals surface area contributed by atoms with Gasteiger partial charge in [0, 0.05) is 0 Å². The van der Waals surface area contributed by atoms with Crippen LogP contribution >= 0.6 is 0 Å². The number of hydrogen-bond donors (Lipinski definition) is 4. The predicted octanol–water partition coefficient (Wildman–Crippen LogP) is 2.38. The molecular formula is C16H18O8. The van der Waals surface area contributed by atoms with E-state index < -0.39 is 46.1 Å². The zero-order valence-electron chi connectivity index (χ0n) is 13.3. The highest BCUT2D eigenvalue weighted by molar-refractivity contribution is 6.12. The Labute approximate surface area is 137 Å². The van der Waals surface area contributed by atoms with Gasteiger partial charge in [-0.2, -0.15) is 0 Å². The van der Waals surface area contributed by atoms with Gasteiger partial charge < -0.3 is 20.4 Å². The quantitative estimate of drug-likeness (QED) is 0.564. The predicted molar refractivity (Wildman–Crippen MR) is 82.3 cm³/mol. The van der Waals surface area contributed by atoms with Gasteiger partial charge in [0.25, 0.3) is 0 Å². The standard InChI is InChI=1S/C16H18O8/c1-3-5-7-9(13(17)18)11(15(21)22)8(6-4-2)12(16(23)24)10(7)14(19)20/h3-6H2,1-2H3,(H,17,18)(H,19,20)(H,21,22)(H,23,24). The summed E-state index contributed by atoms with van der Waals surface area (Å²) in [6.45, 7) is 3.30. The maximum Gasteiger partial charge on any atom is 0.336 e. The van der Waals surface area contributed by atoms with E-state index in [0.717, 1.165) is 0 Å². The molecule has 8 nitrogen and oxygen atoms in total. The van der Waals surface area contributed by atoms with Crippen LogP contribution in [0.2, 0.25) is 0 Å². The molecule has 1 aromatic carbocycles. The van der Waals surface area contributed by atoms with E-state index in [1.54, 1.807) is 13.8 Å². The number of carboxylic acid groups (broad SMARTS) is 4. The first kappa shape index (κ1) is 19.1. The van der Waals surface area contributed by atoms with Crippen molar-refractivity contribution < 1.29 is 39.6 Å². The van der Waals surface area contributed by atoms with Gasteiger partial charge in [-0.05, 0) is 24.0 Å². The molecule has 0 saturated heterocycles. The zero-order chi connectivity index (χ0) is 18.6. The van der Waals surface area contributed by atoms with Crippen LogP contribution < -0.4 is 0 Å². The molecule has 0 aliphatic carbocycles. The molecule has 0 aromatic heterocycles. The van der Waals surface area contributed by atoms with Crippen LogP contribution in [0.4, 0.5) is 0 Å². The second-order valence-corrected chi connectivity index (χ2v) is 5.18. The number of aromatic carboxylic acids is 4. The molecule has 0 saturated carbocycles. The van der Waals surface area contributed by atoms with Crippen molar-refractivity contribution in [3.05, 3.63) is 33.4 Å². The first-order valence-corrected chi connectivity index (χ1v) is 7.33. The molecule has 0 radical (unpaired) electrons. The maximum absolute atomic E-state index is 11.6. The first-order chi connectivity index (χ1) is 11.2. The second-order valence-electron chi connectivity index (χ2n) is 5.18. The Morgan fingerprint density at radius 3 is 0.917 bits per heavy atom. The molecule has 0 amide bonds. The minimum Gasteiger partial charge on any atom is -0.478 e. The third-order valence-electron chi connectivity index (χ3n) is 3.56. The highest BCUT2D eigenvalue weighted by atomic mass is 16.4. The third-order valence-corrected chi connectivity index (χ3v) is 3.56. The Bertz CT molecular complexity index is 603. The summed E-state index contributed by atoms with van der Waals surface area (Å²) in [6.07, 6.45) is 0.532. The molecule has 0 heterocycles. The summed E-state index contributed by atoms with van der Waals surface area (Å²) in [7, 11) is 0. The van der Waals surface area contributed by atoms with Crippen LogP contribution in [0.5, 0.6) is 0 Å². The highest BCUT2D eigenvalue weighted by Crippen LogP contribution is 2.31. The molecule has 0 unspecified atom stereocenters. The van der Waals surface area contributed by atoms with E-state index in [2.05, 4.69) is 0 Å². The third kappa shape index (κ3) is 3.37. The minimum atomic E-state index is -1.59. The topological polar surface area (TPSA) is 149 Å². The van der Waals surface area contributed by atoms with Crippen LogP contribution in [-0.2, 0) is 12.8 Å². The van der Waals surface area contributed by atoms with Gasteiger partial charge in [0.05, 0.1) is 22.3 Å². The summed E-state index contributed by atoms with van der Waals surface area (Å²) in [5.41, 5.74) is -3.12. The maximum atomic E-state index is 11.6. The normalized spacial score (nSPS) is 10.4. The number of carbonyl (C=O) groups is 4. The highest BCUT2D eigenvalue weighted by Gasteiger charge is 2.34. The van der Waals surface area contributed by atoms with E-state index in [9.17, 15) is 39.6 Å². The van der Waals surface area contributed by atoms with Crippen molar-refractivity contribution in [1.82, 2.24) is 0 Å². The van der Waals surface area contributed by atoms with Gasteiger partial charge >= 0.3 is 23.9 Å². The molecule has 0 atom stereocenters. The van der Waals surface area contributed by atoms with Crippen LogP contribution in [0, 0.1) is 0 Å². The molecule has 0 aliphatic heterocycles. The Hall–Kier alpha value is -2.90. The first-order valence-electron chi connectivity index (χ1n) is 7.33. The lowest BCUT2D eigenvalue weighted by Gasteiger charge is -2.19. The summed E-state index contributed by atoms with van der Waals surface area (Å²) >= 11 is 0. The summed E-state index contributed by atoms with van der Waals surface area (Å²) in [5, 5.41) is 37.8. The summed E-state index contributed by atoms with van der Waals surface area (Å²) in [5.74, 6) is -6.36. The van der Waals surface area contributed by atoms with Gasteiger partial charge in [-0.25, -0.2) is 19.2 Å². The smallest absolute Gasteiger partial charge is 0.336 e. The van der Waals surface area contributed by atoms with Crippen LogP contribution in [0.15, 0.2) is 0 Å². The van der Waals surface area contributed by atoms with Gasteiger partial charge in [0.2, 0.25) is 0 Å². The van der Waals surface area contributed by atoms with Crippen LogP contribution in [0.3, 0.4) is 0 Å². The van der Waals surface area contributed by atoms with Crippen LogP contribution in [-0.4, -0.2) is 44.3 Å². The Morgan fingerprint density at radius 2 is 0.792 bits per heavy atom. The molecule has 0 aliphatic rings. The number of hydrogen-bond acceptors (Lipinski definition) is 4. The molecule has 0 spiro atoms. The van der Waals surface area contributed by atoms with Gasteiger partial charge in [0.15, 0.2) is 0 Å². The van der Waals surface area contributed by atoms with Crippen LogP contribution in [0.25, 0.3) is 0 Å². The fourth-order valence-electron chi connectivity index (χ4n) is 2.80. The molecule has 8 heteroatoms. The lowest BCUT2D eigenvalue weighted by molar-refractivity contribution is 0.0632. The Balaban J connectivity index is 4.22. The molecule has 0 fully saturated rings. The molecule has 24 heavy (non-hydrogen) atoms. The number of carboxylic acids is 4. The lowest BCUT2D eigenvalue weighted by Crippen LogP contribution is -2.24. The summed E-state index contributed by atoms with van der Waals surface area (Å²) in [4.78, 5) is 46.5. The van der Waals surface area contributed by atoms with Gasteiger partial charge in [-0.1, -0.05) is 26.7 Å². The fourth-order valence-corrected chi connectivity index (χ4v) is 2.80. The monoisotopic (exact) mass is 338 g/mol. The average Bonchev–Trinajstić information content (AvgIpc) is 2.46. The summed E-state index contributed by atoms with van der Waals surface area (Å²) in [6, 6.07) is 0. The van der Waals surface area contributed by atoms with Crippen molar-refractivity contribution in [2.45, 2.75) is 39.5 Å². The fraction of sp³-hybridized carbons (Fsp3) is 0.375. The molecule has 130 valence electrons. The van der Waals surface area contributed by atoms with E-state index in [-0.39, 0.29) is 24.0 Å². The van der Waals surface area contributed by atoms with Gasteiger partial charge in [0.1, 0.15) is 0 Å². The minimum absolute atomic E-state index is 0.0593. The van der Waals surface area contributed by atoms with Gasteiger partial charge in [-0.15, -0.1) is 0 Å². The molecular weight excluding hydrogens is 320 g/mol. The lowest BCUT2D eigenvalue weighted by atomic mass is 9.83. The number of benzene rings is 1. The molecule has 4 N–H and O–H groups in total. The average molecular weight is 338 g/mol. The molecule has 1 aromatic rings. The van der Waals surface area contributed by atoms with Crippen molar-refractivity contribution in [3.63, 3.8) is 0 Å². The van der Waals surface area contributed by atoms with E-state index >= 15 is 0 Å². The zero-order valence-corrected chi connectivity index (χ0v) is 13.3. The van der Waals surface area contributed by atoms with Crippen molar-refractivity contribution >= 4 is 23.9 Å². The van der Waals surface area contributed by atoms with E-state index in [4.69, 9.17) is 0 Å². The van der Waals surface area contributed by atoms with E-state index in [0.29, 0.717) is 12.8 Å². The SMILES string of the molecule is CCCc1c(C(=O)O)c(C(=O)O)c(CCC)c(C(=O)O)c1C(=O)O. The summed E-state index contributed by atoms with van der Waals surface area (Å²) < 4.78 is 0. The Kier molecular flexibility index (Phi) is 6.05. The van der Waals surface area contributed by atoms with E-state index in [1.165, 1.54) is 0 Å². The van der Waals surface area contributed by atoms with Crippen molar-refractivity contribution in [1.29, 1.82) is 0 Å². The number of rotatable bonds is 8. The van der Waals surface area contributed by atoms with Crippen molar-refractivity contribution in [2.75, 3.05) is 0 Å².